The fourth-order valence-electron chi connectivity index (χ4n) is 3.08. The lowest BCUT2D eigenvalue weighted by atomic mass is 10.0. The minimum absolute atomic E-state index is 0.217. The molecule has 2 amide bonds. The van der Waals surface area contributed by atoms with Crippen molar-refractivity contribution < 1.29 is 14.4 Å². The summed E-state index contributed by atoms with van der Waals surface area (Å²) < 4.78 is 0. The molecular formula is C18H16N4O3S4. The lowest BCUT2D eigenvalue weighted by Gasteiger charge is -2.49. The number of thioether (sulfide) groups is 2. The molecule has 1 aromatic heterocycles. The Bertz CT molecular complexity index is 1010. The maximum absolute atomic E-state index is 12.7. The van der Waals surface area contributed by atoms with Crippen LogP contribution in [0.4, 0.5) is 0 Å². The van der Waals surface area contributed by atoms with Crippen molar-refractivity contribution in [2.75, 3.05) is 11.5 Å². The molecule has 0 radical (unpaired) electrons. The minimum atomic E-state index is -0.649. The highest BCUT2D eigenvalue weighted by molar-refractivity contribution is 8.00. The van der Waals surface area contributed by atoms with E-state index in [1.54, 1.807) is 0 Å². The quantitative estimate of drug-likeness (QED) is 0.385. The van der Waals surface area contributed by atoms with E-state index in [2.05, 4.69) is 28.1 Å². The summed E-state index contributed by atoms with van der Waals surface area (Å²) >= 11 is 8.24. The molecule has 0 aliphatic carbocycles. The summed E-state index contributed by atoms with van der Waals surface area (Å²) in [5, 5.41) is 11.5. The summed E-state index contributed by atoms with van der Waals surface area (Å²) in [5.41, 5.74) is 0.900. The van der Waals surface area contributed by atoms with E-state index in [1.165, 1.54) is 39.8 Å². The Morgan fingerprint density at radius 3 is 2.72 bits per heavy atom. The standard InChI is InChI=1S/C18H16N4O3S4/c1-9-20-21-15(29-9)11-7-28-17-13(16(24)22(17)14(11)18(25)26)19-12(23)8-27-10-5-3-2-4-6-10/h2-6,13,17H,7-8H2,1H3,(H,19,23)(H,25,26)/t13-,17-/m1/s1. The van der Waals surface area contributed by atoms with E-state index < -0.39 is 11.2 Å². The molecule has 2 aliphatic rings. The second-order valence-electron chi connectivity index (χ2n) is 6.32. The third-order valence-electron chi connectivity index (χ3n) is 4.38. The monoisotopic (exact) mass is 464 g/mol. The zero-order chi connectivity index (χ0) is 20.5. The fraction of sp³-hybridized carbons (Fsp3) is 0.278. The largest absolute Gasteiger partial charge is 0.341 e. The van der Waals surface area contributed by atoms with Crippen LogP contribution in [0.1, 0.15) is 10.0 Å². The lowest BCUT2D eigenvalue weighted by Crippen LogP contribution is -2.70. The van der Waals surface area contributed by atoms with E-state index in [0.29, 0.717) is 16.3 Å². The average Bonchev–Trinajstić information content (AvgIpc) is 3.16. The van der Waals surface area contributed by atoms with Crippen molar-refractivity contribution in [2.24, 2.45) is 0 Å². The van der Waals surface area contributed by atoms with Crippen molar-refractivity contribution >= 4 is 70.0 Å². The average molecular weight is 465 g/mol. The van der Waals surface area contributed by atoms with E-state index in [-0.39, 0.29) is 28.6 Å². The van der Waals surface area contributed by atoms with Gasteiger partial charge in [-0.3, -0.25) is 19.3 Å². The van der Waals surface area contributed by atoms with Crippen molar-refractivity contribution in [3.8, 4) is 0 Å². The molecular weight excluding hydrogens is 448 g/mol. The molecule has 2 aliphatic heterocycles. The Kier molecular flexibility index (Phi) is 6.00. The molecule has 29 heavy (non-hydrogen) atoms. The van der Waals surface area contributed by atoms with Gasteiger partial charge < -0.3 is 5.32 Å². The van der Waals surface area contributed by atoms with Crippen LogP contribution in [0.25, 0.3) is 5.57 Å². The first-order chi connectivity index (χ1) is 14.0. The van der Waals surface area contributed by atoms with Gasteiger partial charge in [-0.1, -0.05) is 42.2 Å². The summed E-state index contributed by atoms with van der Waals surface area (Å²) in [6.45, 7) is 1.83. The van der Waals surface area contributed by atoms with Crippen LogP contribution in [-0.4, -0.2) is 54.9 Å². The van der Waals surface area contributed by atoms with Gasteiger partial charge in [-0.05, 0) is 19.1 Å². The number of rotatable bonds is 6. The maximum Gasteiger partial charge on any atom is 0.253 e. The van der Waals surface area contributed by atoms with Crippen molar-refractivity contribution in [1.82, 2.24) is 20.4 Å². The first-order valence-electron chi connectivity index (χ1n) is 8.64. The summed E-state index contributed by atoms with van der Waals surface area (Å²) in [6, 6.07) is 8.94. The van der Waals surface area contributed by atoms with Gasteiger partial charge in [0.05, 0.1) is 5.75 Å². The van der Waals surface area contributed by atoms with Gasteiger partial charge in [-0.2, -0.15) is 0 Å². The van der Waals surface area contributed by atoms with Crippen LogP contribution in [0.2, 0.25) is 0 Å². The van der Waals surface area contributed by atoms with Crippen LogP contribution in [-0.2, 0) is 14.4 Å². The second-order valence-corrected chi connectivity index (χ2v) is 10.1. The van der Waals surface area contributed by atoms with Gasteiger partial charge in [-0.15, -0.1) is 33.7 Å². The van der Waals surface area contributed by atoms with Crippen molar-refractivity contribution in [3.05, 3.63) is 46.0 Å². The van der Waals surface area contributed by atoms with Crippen LogP contribution >= 0.6 is 47.5 Å². The van der Waals surface area contributed by atoms with Crippen molar-refractivity contribution in [3.63, 3.8) is 0 Å². The molecule has 11 heteroatoms. The molecule has 1 fully saturated rings. The van der Waals surface area contributed by atoms with Crippen molar-refractivity contribution in [1.29, 1.82) is 0 Å². The molecule has 150 valence electrons. The number of β-lactam (4-membered cyclic amide) rings is 1. The summed E-state index contributed by atoms with van der Waals surface area (Å²) in [7, 11) is 0. The number of amides is 2. The minimum Gasteiger partial charge on any atom is -0.341 e. The number of benzene rings is 1. The molecule has 0 spiro atoms. The second kappa shape index (κ2) is 8.50. The Morgan fingerprint density at radius 2 is 2.07 bits per heavy atom. The number of hydrogen-bond donors (Lipinski definition) is 2. The number of aromatic nitrogens is 2. The number of aryl methyl sites for hydroxylation is 1. The fourth-order valence-corrected chi connectivity index (χ4v) is 6.23. The zero-order valence-electron chi connectivity index (χ0n) is 15.2. The van der Waals surface area contributed by atoms with Gasteiger partial charge in [0, 0.05) is 16.2 Å². The predicted molar refractivity (Wildman–Crippen MR) is 118 cm³/mol. The molecule has 7 nitrogen and oxygen atoms in total. The van der Waals surface area contributed by atoms with Gasteiger partial charge >= 0.3 is 0 Å². The number of carbonyl (C=O) groups is 3. The Labute approximate surface area is 185 Å². The Morgan fingerprint density at radius 1 is 1.31 bits per heavy atom. The number of fused-ring (bicyclic) bond motifs is 1. The number of hydrogen-bond acceptors (Lipinski definition) is 8. The lowest BCUT2D eigenvalue weighted by molar-refractivity contribution is -0.146. The first kappa shape index (κ1) is 20.5. The Hall–Kier alpha value is -1.82. The molecule has 1 aromatic carbocycles. The SMILES string of the molecule is Cc1nnc(C2=C(C(=O)S)N3C(=O)[C@@H](NC(=O)CSc4ccccc4)[C@H]3SC2)s1. The van der Waals surface area contributed by atoms with E-state index in [1.807, 2.05) is 37.3 Å². The van der Waals surface area contributed by atoms with Gasteiger partial charge in [0.25, 0.3) is 5.91 Å². The highest BCUT2D eigenvalue weighted by Gasteiger charge is 2.54. The van der Waals surface area contributed by atoms with Gasteiger partial charge in [0.2, 0.25) is 11.0 Å². The summed E-state index contributed by atoms with van der Waals surface area (Å²) in [4.78, 5) is 39.7. The molecule has 0 saturated carbocycles. The van der Waals surface area contributed by atoms with E-state index >= 15 is 0 Å². The van der Waals surface area contributed by atoms with Gasteiger partial charge in [0.1, 0.15) is 27.1 Å². The molecule has 1 N–H and O–H groups in total. The number of nitrogens with zero attached hydrogens (tertiary/aromatic N) is 3. The third kappa shape index (κ3) is 4.09. The van der Waals surface area contributed by atoms with Crippen LogP contribution in [0.5, 0.6) is 0 Å². The molecule has 0 bridgehead atoms. The predicted octanol–water partition coefficient (Wildman–Crippen LogP) is 2.21. The van der Waals surface area contributed by atoms with E-state index in [9.17, 15) is 14.4 Å². The molecule has 4 rings (SSSR count). The number of thiol groups is 1. The highest BCUT2D eigenvalue weighted by atomic mass is 32.2. The van der Waals surface area contributed by atoms with Gasteiger partial charge in [-0.25, -0.2) is 0 Å². The van der Waals surface area contributed by atoms with Crippen LogP contribution in [0, 0.1) is 6.92 Å². The molecule has 0 unspecified atom stereocenters. The topological polar surface area (TPSA) is 92.3 Å². The van der Waals surface area contributed by atoms with Crippen LogP contribution in [0.3, 0.4) is 0 Å². The number of carbonyl (C=O) groups excluding carboxylic acids is 3. The van der Waals surface area contributed by atoms with Gasteiger partial charge in [0.15, 0.2) is 0 Å². The Balaban J connectivity index is 1.45. The molecule has 2 atom stereocenters. The summed E-state index contributed by atoms with van der Waals surface area (Å²) in [5.74, 6) is 0.187. The van der Waals surface area contributed by atoms with Crippen molar-refractivity contribution in [2.45, 2.75) is 23.2 Å². The maximum atomic E-state index is 12.7. The first-order valence-corrected chi connectivity index (χ1v) is 11.9. The van der Waals surface area contributed by atoms with E-state index in [4.69, 9.17) is 0 Å². The molecule has 1 saturated heterocycles. The zero-order valence-corrected chi connectivity index (χ0v) is 18.5. The molecule has 2 aromatic rings. The normalized spacial score (nSPS) is 20.9. The third-order valence-corrected chi connectivity index (χ3v) is 7.79. The summed E-state index contributed by atoms with van der Waals surface area (Å²) in [6.07, 6.45) is 0. The smallest absolute Gasteiger partial charge is 0.253 e. The van der Waals surface area contributed by atoms with Crippen LogP contribution < -0.4 is 5.32 Å². The highest BCUT2D eigenvalue weighted by Crippen LogP contribution is 2.44. The number of nitrogens with one attached hydrogen (secondary N) is 1. The van der Waals surface area contributed by atoms with E-state index in [0.717, 1.165) is 9.90 Å². The molecule has 3 heterocycles. The van der Waals surface area contributed by atoms with Crippen LogP contribution in [0.15, 0.2) is 40.9 Å².